The van der Waals surface area contributed by atoms with Crippen LogP contribution in [0.2, 0.25) is 0 Å². The molecular weight excluding hydrogens is 286 g/mol. The molecule has 118 valence electrons. The summed E-state index contributed by atoms with van der Waals surface area (Å²) in [4.78, 5) is 14.9. The second-order valence-corrected chi connectivity index (χ2v) is 6.35. The van der Waals surface area contributed by atoms with E-state index in [0.29, 0.717) is 13.0 Å². The van der Waals surface area contributed by atoms with Gasteiger partial charge >= 0.3 is 0 Å². The lowest BCUT2D eigenvalue weighted by molar-refractivity contribution is -0.119. The maximum absolute atomic E-state index is 12.9. The molecule has 0 aromatic heterocycles. The van der Waals surface area contributed by atoms with Gasteiger partial charge in [-0.2, -0.15) is 0 Å². The van der Waals surface area contributed by atoms with Gasteiger partial charge in [-0.05, 0) is 48.4 Å². The molecule has 3 nitrogen and oxygen atoms in total. The Hall–Kier alpha value is -2.29. The van der Waals surface area contributed by atoms with Crippen LogP contribution in [0.5, 0.6) is 5.75 Å². The Balaban J connectivity index is 1.56. The highest BCUT2D eigenvalue weighted by molar-refractivity contribution is 5.95. The van der Waals surface area contributed by atoms with Gasteiger partial charge in [0.2, 0.25) is 5.91 Å². The van der Waals surface area contributed by atoms with Crippen molar-refractivity contribution in [1.82, 2.24) is 0 Å². The molecule has 1 unspecified atom stereocenters. The van der Waals surface area contributed by atoms with Crippen molar-refractivity contribution in [2.24, 2.45) is 0 Å². The van der Waals surface area contributed by atoms with E-state index in [1.54, 1.807) is 0 Å². The number of amides is 1. The highest BCUT2D eigenvalue weighted by Crippen LogP contribution is 2.37. The van der Waals surface area contributed by atoms with Gasteiger partial charge in [-0.25, -0.2) is 0 Å². The summed E-state index contributed by atoms with van der Waals surface area (Å²) in [6, 6.07) is 16.4. The number of carbonyl (C=O) groups excluding carboxylic acids is 1. The van der Waals surface area contributed by atoms with Crippen molar-refractivity contribution in [3.05, 3.63) is 59.7 Å². The Kier molecular flexibility index (Phi) is 3.78. The van der Waals surface area contributed by atoms with E-state index in [2.05, 4.69) is 24.3 Å². The summed E-state index contributed by atoms with van der Waals surface area (Å²) in [5.41, 5.74) is 3.57. The molecule has 2 aliphatic heterocycles. The van der Waals surface area contributed by atoms with E-state index >= 15 is 0 Å². The van der Waals surface area contributed by atoms with Gasteiger partial charge in [-0.3, -0.25) is 4.79 Å². The summed E-state index contributed by atoms with van der Waals surface area (Å²) >= 11 is 0. The molecular formula is C20H21NO2. The molecule has 0 saturated heterocycles. The highest BCUT2D eigenvalue weighted by atomic mass is 16.5. The van der Waals surface area contributed by atoms with Crippen LogP contribution in [0.25, 0.3) is 0 Å². The fraction of sp³-hybridized carbons (Fsp3) is 0.350. The van der Waals surface area contributed by atoms with Crippen LogP contribution in [0.1, 0.15) is 36.3 Å². The first-order valence-corrected chi connectivity index (χ1v) is 8.43. The molecule has 0 spiro atoms. The normalized spacial score (nSPS) is 19.5. The van der Waals surface area contributed by atoms with Crippen LogP contribution < -0.4 is 9.64 Å². The van der Waals surface area contributed by atoms with Gasteiger partial charge < -0.3 is 9.64 Å². The number of carbonyl (C=O) groups is 1. The predicted octanol–water partition coefficient (Wildman–Crippen LogP) is 3.92. The zero-order chi connectivity index (χ0) is 15.6. The number of hydrogen-bond acceptors (Lipinski definition) is 2. The number of hydrogen-bond donors (Lipinski definition) is 0. The molecule has 2 aromatic carbocycles. The third-order valence-corrected chi connectivity index (χ3v) is 4.92. The second-order valence-electron chi connectivity index (χ2n) is 6.35. The minimum atomic E-state index is 0.235. The summed E-state index contributed by atoms with van der Waals surface area (Å²) in [5.74, 6) is 1.44. The lowest BCUT2D eigenvalue weighted by Gasteiger charge is -2.32. The lowest BCUT2D eigenvalue weighted by atomic mass is 9.89. The van der Waals surface area contributed by atoms with Gasteiger partial charge in [0, 0.05) is 18.7 Å². The van der Waals surface area contributed by atoms with Gasteiger partial charge in [0.15, 0.2) is 0 Å². The third-order valence-electron chi connectivity index (χ3n) is 4.92. The topological polar surface area (TPSA) is 29.5 Å². The van der Waals surface area contributed by atoms with Crippen molar-refractivity contribution in [1.29, 1.82) is 0 Å². The minimum Gasteiger partial charge on any atom is -0.493 e. The van der Waals surface area contributed by atoms with Crippen molar-refractivity contribution in [2.75, 3.05) is 18.1 Å². The van der Waals surface area contributed by atoms with Crippen molar-refractivity contribution >= 4 is 11.6 Å². The Morgan fingerprint density at radius 1 is 1.13 bits per heavy atom. The summed E-state index contributed by atoms with van der Waals surface area (Å²) in [7, 11) is 0. The zero-order valence-corrected chi connectivity index (χ0v) is 13.2. The number of fused-ring (bicyclic) bond motifs is 2. The quantitative estimate of drug-likeness (QED) is 0.841. The van der Waals surface area contributed by atoms with Crippen LogP contribution in [-0.2, 0) is 11.2 Å². The molecule has 2 aromatic rings. The fourth-order valence-corrected chi connectivity index (χ4v) is 3.74. The van der Waals surface area contributed by atoms with E-state index in [1.165, 1.54) is 11.1 Å². The molecule has 0 fully saturated rings. The van der Waals surface area contributed by atoms with Crippen molar-refractivity contribution in [3.63, 3.8) is 0 Å². The maximum atomic E-state index is 12.9. The van der Waals surface area contributed by atoms with E-state index in [0.717, 1.165) is 37.2 Å². The number of aryl methyl sites for hydroxylation is 1. The fourth-order valence-electron chi connectivity index (χ4n) is 3.74. The molecule has 0 bridgehead atoms. The summed E-state index contributed by atoms with van der Waals surface area (Å²) < 4.78 is 5.71. The smallest absolute Gasteiger partial charge is 0.227 e. The maximum Gasteiger partial charge on any atom is 0.227 e. The average molecular weight is 307 g/mol. The Morgan fingerprint density at radius 2 is 1.96 bits per heavy atom. The second kappa shape index (κ2) is 6.07. The number of para-hydroxylation sites is 2. The molecule has 1 amide bonds. The van der Waals surface area contributed by atoms with Crippen molar-refractivity contribution in [2.45, 2.75) is 31.6 Å². The number of benzene rings is 2. The van der Waals surface area contributed by atoms with Crippen molar-refractivity contribution < 1.29 is 9.53 Å². The van der Waals surface area contributed by atoms with E-state index < -0.39 is 0 Å². The molecule has 2 aliphatic rings. The standard InChI is InChI=1S/C20H21NO2/c22-20(21-12-5-7-15-6-1-3-9-18(15)21)14-16-11-13-23-19-10-4-2-8-17(16)19/h1-4,6,8-10,16H,5,7,11-14H2. The van der Waals surface area contributed by atoms with Crippen LogP contribution in [0.4, 0.5) is 5.69 Å². The summed E-state index contributed by atoms with van der Waals surface area (Å²) in [5, 5.41) is 0. The van der Waals surface area contributed by atoms with Gasteiger partial charge in [0.05, 0.1) is 6.61 Å². The van der Waals surface area contributed by atoms with Gasteiger partial charge in [0.25, 0.3) is 0 Å². The largest absolute Gasteiger partial charge is 0.493 e. The first-order valence-electron chi connectivity index (χ1n) is 8.43. The number of ether oxygens (including phenoxy) is 1. The van der Waals surface area contributed by atoms with Crippen molar-refractivity contribution in [3.8, 4) is 5.75 Å². The SMILES string of the molecule is O=C(CC1CCOc2ccccc21)N1CCCc2ccccc21. The molecule has 0 aliphatic carbocycles. The average Bonchev–Trinajstić information content (AvgIpc) is 2.61. The molecule has 1 atom stereocenters. The van der Waals surface area contributed by atoms with E-state index in [4.69, 9.17) is 4.74 Å². The monoisotopic (exact) mass is 307 g/mol. The zero-order valence-electron chi connectivity index (χ0n) is 13.2. The molecule has 0 N–H and O–H groups in total. The van der Waals surface area contributed by atoms with Crippen LogP contribution in [0, 0.1) is 0 Å². The molecule has 4 rings (SSSR count). The first-order chi connectivity index (χ1) is 11.3. The molecule has 0 saturated carbocycles. The Bertz CT molecular complexity index is 725. The lowest BCUT2D eigenvalue weighted by Crippen LogP contribution is -2.36. The number of nitrogens with zero attached hydrogens (tertiary/aromatic N) is 1. The van der Waals surface area contributed by atoms with Gasteiger partial charge in [-0.1, -0.05) is 36.4 Å². The van der Waals surface area contributed by atoms with E-state index in [-0.39, 0.29) is 11.8 Å². The molecule has 2 heterocycles. The first kappa shape index (κ1) is 14.3. The van der Waals surface area contributed by atoms with Crippen LogP contribution in [-0.4, -0.2) is 19.1 Å². The highest BCUT2D eigenvalue weighted by Gasteiger charge is 2.28. The summed E-state index contributed by atoms with van der Waals surface area (Å²) in [6.07, 6.45) is 3.60. The van der Waals surface area contributed by atoms with Crippen LogP contribution in [0.15, 0.2) is 48.5 Å². The van der Waals surface area contributed by atoms with Gasteiger partial charge in [-0.15, -0.1) is 0 Å². The minimum absolute atomic E-state index is 0.235. The van der Waals surface area contributed by atoms with Gasteiger partial charge in [0.1, 0.15) is 5.75 Å². The molecule has 23 heavy (non-hydrogen) atoms. The van der Waals surface area contributed by atoms with Crippen LogP contribution in [0.3, 0.4) is 0 Å². The number of rotatable bonds is 2. The Morgan fingerprint density at radius 3 is 2.91 bits per heavy atom. The van der Waals surface area contributed by atoms with E-state index in [9.17, 15) is 4.79 Å². The molecule has 3 heteroatoms. The van der Waals surface area contributed by atoms with Crippen LogP contribution >= 0.6 is 0 Å². The predicted molar refractivity (Wildman–Crippen MR) is 91.0 cm³/mol. The Labute approximate surface area is 136 Å². The summed E-state index contributed by atoms with van der Waals surface area (Å²) in [6.45, 7) is 1.53. The third kappa shape index (κ3) is 2.72. The molecule has 0 radical (unpaired) electrons. The number of anilines is 1. The van der Waals surface area contributed by atoms with E-state index in [1.807, 2.05) is 29.2 Å².